The summed E-state index contributed by atoms with van der Waals surface area (Å²) in [5.74, 6) is 1.38. The van der Waals surface area contributed by atoms with Crippen LogP contribution in [0.5, 0.6) is 11.5 Å². The summed E-state index contributed by atoms with van der Waals surface area (Å²) in [6.07, 6.45) is 0. The Kier molecular flexibility index (Phi) is 4.98. The van der Waals surface area contributed by atoms with Gasteiger partial charge in [-0.05, 0) is 25.1 Å². The van der Waals surface area contributed by atoms with Gasteiger partial charge in [0.25, 0.3) is 0 Å². The Bertz CT molecular complexity index is 677. The largest absolute Gasteiger partial charge is 0.497 e. The van der Waals surface area contributed by atoms with Crippen LogP contribution in [0.25, 0.3) is 0 Å². The quantitative estimate of drug-likeness (QED) is 0.856. The molecular weight excluding hydrogens is 308 g/mol. The normalized spacial score (nSPS) is 10.2. The molecule has 1 aromatic carbocycles. The number of hydrogen-bond donors (Lipinski definition) is 1. The minimum absolute atomic E-state index is 0.261. The van der Waals surface area contributed by atoms with Gasteiger partial charge < -0.3 is 15.2 Å². The van der Waals surface area contributed by atoms with Gasteiger partial charge in [0, 0.05) is 23.4 Å². The van der Waals surface area contributed by atoms with E-state index in [9.17, 15) is 0 Å². The molecule has 0 radical (unpaired) electrons. The molecule has 21 heavy (non-hydrogen) atoms. The lowest BCUT2D eigenvalue weighted by molar-refractivity contribution is 0.300. The number of aryl methyl sites for hydroxylation is 1. The summed E-state index contributed by atoms with van der Waals surface area (Å²) < 4.78 is 10.9. The SMILES string of the molecule is COc1cc(C)nc(COc2ccc(C(N)=S)c(Cl)c2)c1. The molecule has 0 atom stereocenters. The number of halogens is 1. The number of nitrogens with two attached hydrogens (primary N) is 1. The van der Waals surface area contributed by atoms with Gasteiger partial charge in [-0.15, -0.1) is 0 Å². The zero-order chi connectivity index (χ0) is 15.4. The molecule has 0 saturated carbocycles. The zero-order valence-electron chi connectivity index (χ0n) is 11.7. The first-order valence-corrected chi connectivity index (χ1v) is 7.02. The molecule has 0 amide bonds. The number of methoxy groups -OCH3 is 1. The van der Waals surface area contributed by atoms with Crippen molar-refractivity contribution in [1.82, 2.24) is 4.98 Å². The van der Waals surface area contributed by atoms with Crippen LogP contribution in [0.4, 0.5) is 0 Å². The molecule has 4 nitrogen and oxygen atoms in total. The molecule has 0 unspecified atom stereocenters. The van der Waals surface area contributed by atoms with Crippen molar-refractivity contribution in [3.8, 4) is 11.5 Å². The number of benzene rings is 1. The summed E-state index contributed by atoms with van der Waals surface area (Å²) >= 11 is 11.0. The van der Waals surface area contributed by atoms with Crippen molar-refractivity contribution in [3.05, 3.63) is 52.3 Å². The maximum atomic E-state index is 6.10. The Hall–Kier alpha value is -1.85. The van der Waals surface area contributed by atoms with E-state index in [-0.39, 0.29) is 4.99 Å². The molecule has 2 rings (SSSR count). The predicted octanol–water partition coefficient (Wildman–Crippen LogP) is 3.27. The molecule has 0 bridgehead atoms. The molecule has 110 valence electrons. The summed E-state index contributed by atoms with van der Waals surface area (Å²) in [5.41, 5.74) is 7.84. The second kappa shape index (κ2) is 6.74. The van der Waals surface area contributed by atoms with Crippen LogP contribution in [-0.4, -0.2) is 17.1 Å². The van der Waals surface area contributed by atoms with Crippen LogP contribution in [-0.2, 0) is 6.61 Å². The summed E-state index contributed by atoms with van der Waals surface area (Å²) in [7, 11) is 1.62. The van der Waals surface area contributed by atoms with Crippen LogP contribution in [0, 0.1) is 6.92 Å². The van der Waals surface area contributed by atoms with Gasteiger partial charge in [-0.3, -0.25) is 4.98 Å². The van der Waals surface area contributed by atoms with E-state index in [1.807, 2.05) is 19.1 Å². The molecule has 6 heteroatoms. The molecule has 0 fully saturated rings. The van der Waals surface area contributed by atoms with E-state index in [1.54, 1.807) is 25.3 Å². The predicted molar refractivity (Wildman–Crippen MR) is 87.2 cm³/mol. The molecule has 0 spiro atoms. The first-order valence-electron chi connectivity index (χ1n) is 6.23. The zero-order valence-corrected chi connectivity index (χ0v) is 13.3. The van der Waals surface area contributed by atoms with Crippen molar-refractivity contribution in [3.63, 3.8) is 0 Å². The Labute approximate surface area is 133 Å². The van der Waals surface area contributed by atoms with Crippen molar-refractivity contribution >= 4 is 28.8 Å². The Balaban J connectivity index is 2.11. The lowest BCUT2D eigenvalue weighted by Crippen LogP contribution is -2.10. The molecule has 0 saturated heterocycles. The second-order valence-electron chi connectivity index (χ2n) is 4.43. The van der Waals surface area contributed by atoms with E-state index in [4.69, 9.17) is 39.0 Å². The van der Waals surface area contributed by atoms with E-state index in [2.05, 4.69) is 4.98 Å². The summed E-state index contributed by atoms with van der Waals surface area (Å²) in [4.78, 5) is 4.65. The maximum Gasteiger partial charge on any atom is 0.130 e. The highest BCUT2D eigenvalue weighted by Crippen LogP contribution is 2.23. The van der Waals surface area contributed by atoms with Crippen LogP contribution < -0.4 is 15.2 Å². The maximum absolute atomic E-state index is 6.10. The highest BCUT2D eigenvalue weighted by atomic mass is 35.5. The molecule has 2 aromatic rings. The molecule has 2 N–H and O–H groups in total. The smallest absolute Gasteiger partial charge is 0.130 e. The number of nitrogens with zero attached hydrogens (tertiary/aromatic N) is 1. The topological polar surface area (TPSA) is 57.4 Å². The number of ether oxygens (including phenoxy) is 2. The molecule has 0 aliphatic heterocycles. The number of hydrogen-bond acceptors (Lipinski definition) is 4. The van der Waals surface area contributed by atoms with Crippen molar-refractivity contribution in [2.24, 2.45) is 5.73 Å². The minimum Gasteiger partial charge on any atom is -0.497 e. The molecule has 1 aromatic heterocycles. The van der Waals surface area contributed by atoms with Crippen LogP contribution >= 0.6 is 23.8 Å². The van der Waals surface area contributed by atoms with E-state index in [0.29, 0.717) is 22.9 Å². The van der Waals surface area contributed by atoms with Crippen molar-refractivity contribution < 1.29 is 9.47 Å². The fraction of sp³-hybridized carbons (Fsp3) is 0.200. The monoisotopic (exact) mass is 322 g/mol. The summed E-state index contributed by atoms with van der Waals surface area (Å²) in [6.45, 7) is 2.22. The van der Waals surface area contributed by atoms with Gasteiger partial charge in [0.2, 0.25) is 0 Å². The number of pyridine rings is 1. The first kappa shape index (κ1) is 15.5. The molecular formula is C15H15ClN2O2S. The fourth-order valence-electron chi connectivity index (χ4n) is 1.84. The van der Waals surface area contributed by atoms with Gasteiger partial charge in [0.05, 0.1) is 17.8 Å². The third kappa shape index (κ3) is 4.06. The summed E-state index contributed by atoms with van der Waals surface area (Å²) in [6, 6.07) is 8.88. The van der Waals surface area contributed by atoms with Gasteiger partial charge in [-0.1, -0.05) is 23.8 Å². The lowest BCUT2D eigenvalue weighted by atomic mass is 10.2. The molecule has 0 aliphatic carbocycles. The van der Waals surface area contributed by atoms with E-state index in [0.717, 1.165) is 17.1 Å². The summed E-state index contributed by atoms with van der Waals surface area (Å²) in [5, 5.41) is 0.467. The van der Waals surface area contributed by atoms with Crippen molar-refractivity contribution in [2.75, 3.05) is 7.11 Å². The molecule has 0 aliphatic rings. The third-order valence-electron chi connectivity index (χ3n) is 2.81. The minimum atomic E-state index is 0.261. The standard InChI is InChI=1S/C15H15ClN2O2S/c1-9-5-12(19-2)6-10(18-9)8-20-11-3-4-13(15(17)21)14(16)7-11/h3-7H,8H2,1-2H3,(H2,17,21). The van der Waals surface area contributed by atoms with E-state index >= 15 is 0 Å². The average molecular weight is 323 g/mol. The second-order valence-corrected chi connectivity index (χ2v) is 5.28. The number of thiocarbonyl (C=S) groups is 1. The van der Waals surface area contributed by atoms with Gasteiger partial charge >= 0.3 is 0 Å². The fourth-order valence-corrected chi connectivity index (χ4v) is 2.34. The molecule has 1 heterocycles. The van der Waals surface area contributed by atoms with Gasteiger partial charge in [0.1, 0.15) is 23.1 Å². The lowest BCUT2D eigenvalue weighted by Gasteiger charge is -2.10. The van der Waals surface area contributed by atoms with Gasteiger partial charge in [0.15, 0.2) is 0 Å². The van der Waals surface area contributed by atoms with Crippen LogP contribution in [0.2, 0.25) is 5.02 Å². The Morgan fingerprint density at radius 2 is 2.05 bits per heavy atom. The average Bonchev–Trinajstić information content (AvgIpc) is 2.44. The van der Waals surface area contributed by atoms with Crippen molar-refractivity contribution in [1.29, 1.82) is 0 Å². The van der Waals surface area contributed by atoms with Crippen LogP contribution in [0.15, 0.2) is 30.3 Å². The van der Waals surface area contributed by atoms with Gasteiger partial charge in [-0.25, -0.2) is 0 Å². The van der Waals surface area contributed by atoms with E-state index < -0.39 is 0 Å². The Morgan fingerprint density at radius 3 is 2.67 bits per heavy atom. The Morgan fingerprint density at radius 1 is 1.29 bits per heavy atom. The highest BCUT2D eigenvalue weighted by Gasteiger charge is 2.06. The third-order valence-corrected chi connectivity index (χ3v) is 3.34. The van der Waals surface area contributed by atoms with E-state index in [1.165, 1.54) is 0 Å². The first-order chi connectivity index (χ1) is 9.99. The highest BCUT2D eigenvalue weighted by molar-refractivity contribution is 7.80. The van der Waals surface area contributed by atoms with Gasteiger partial charge in [-0.2, -0.15) is 0 Å². The van der Waals surface area contributed by atoms with Crippen LogP contribution in [0.3, 0.4) is 0 Å². The number of rotatable bonds is 5. The number of aromatic nitrogens is 1. The van der Waals surface area contributed by atoms with Crippen LogP contribution in [0.1, 0.15) is 17.0 Å². The van der Waals surface area contributed by atoms with Crippen molar-refractivity contribution in [2.45, 2.75) is 13.5 Å².